The fourth-order valence-corrected chi connectivity index (χ4v) is 2.39. The van der Waals surface area contributed by atoms with E-state index in [9.17, 15) is 4.79 Å². The number of aliphatic carboxylic acids is 1. The SMILES string of the molecule is O=C(O)/C=C/c1ccc2c(c1)C=C(n1ccnc1)CC2. The van der Waals surface area contributed by atoms with E-state index in [1.807, 2.05) is 22.9 Å². The Kier molecular flexibility index (Phi) is 3.21. The maximum absolute atomic E-state index is 10.6. The van der Waals surface area contributed by atoms with Gasteiger partial charge in [0.15, 0.2) is 0 Å². The number of imidazole rings is 1. The molecular weight excluding hydrogens is 252 g/mol. The van der Waals surface area contributed by atoms with Crippen LogP contribution in [0.5, 0.6) is 0 Å². The van der Waals surface area contributed by atoms with Crippen LogP contribution in [0.1, 0.15) is 23.1 Å². The lowest BCUT2D eigenvalue weighted by Gasteiger charge is -2.17. The third kappa shape index (κ3) is 2.54. The van der Waals surface area contributed by atoms with Gasteiger partial charge >= 0.3 is 5.97 Å². The average molecular weight is 266 g/mol. The Morgan fingerprint density at radius 2 is 2.25 bits per heavy atom. The Labute approximate surface area is 116 Å². The van der Waals surface area contributed by atoms with E-state index < -0.39 is 5.97 Å². The van der Waals surface area contributed by atoms with Crippen molar-refractivity contribution < 1.29 is 9.90 Å². The molecule has 0 spiro atoms. The van der Waals surface area contributed by atoms with Gasteiger partial charge in [-0.1, -0.05) is 12.1 Å². The molecule has 1 aromatic carbocycles. The number of aromatic nitrogens is 2. The van der Waals surface area contributed by atoms with Gasteiger partial charge in [0.05, 0.1) is 6.33 Å². The highest BCUT2D eigenvalue weighted by molar-refractivity contribution is 5.85. The maximum atomic E-state index is 10.6. The van der Waals surface area contributed by atoms with Gasteiger partial charge in [-0.15, -0.1) is 0 Å². The van der Waals surface area contributed by atoms with Crippen LogP contribution in [0.25, 0.3) is 17.8 Å². The van der Waals surface area contributed by atoms with Crippen molar-refractivity contribution in [2.75, 3.05) is 0 Å². The largest absolute Gasteiger partial charge is 0.478 e. The van der Waals surface area contributed by atoms with Crippen molar-refractivity contribution in [1.82, 2.24) is 9.55 Å². The zero-order chi connectivity index (χ0) is 13.9. The third-order valence-electron chi connectivity index (χ3n) is 3.40. The summed E-state index contributed by atoms with van der Waals surface area (Å²) in [5.74, 6) is -0.933. The second-order valence-electron chi connectivity index (χ2n) is 4.74. The van der Waals surface area contributed by atoms with Crippen LogP contribution >= 0.6 is 0 Å². The molecule has 20 heavy (non-hydrogen) atoms. The number of hydrogen-bond donors (Lipinski definition) is 1. The van der Waals surface area contributed by atoms with Gasteiger partial charge in [0.1, 0.15) is 0 Å². The second kappa shape index (κ2) is 5.17. The predicted molar refractivity (Wildman–Crippen MR) is 77.8 cm³/mol. The standard InChI is InChI=1S/C16H14N2O2/c19-16(20)6-2-12-1-3-13-4-5-15(10-14(13)9-12)18-8-7-17-11-18/h1-3,6-11H,4-5H2,(H,19,20)/b6-2+. The van der Waals surface area contributed by atoms with Gasteiger partial charge < -0.3 is 9.67 Å². The Morgan fingerprint density at radius 1 is 1.35 bits per heavy atom. The molecule has 0 unspecified atom stereocenters. The summed E-state index contributed by atoms with van der Waals surface area (Å²) in [6, 6.07) is 6.04. The molecule has 1 N–H and O–H groups in total. The first-order valence-corrected chi connectivity index (χ1v) is 6.45. The van der Waals surface area contributed by atoms with Gasteiger partial charge in [-0.3, -0.25) is 0 Å². The Morgan fingerprint density at radius 3 is 3.00 bits per heavy atom. The summed E-state index contributed by atoms with van der Waals surface area (Å²) in [5.41, 5.74) is 4.54. The number of benzene rings is 1. The summed E-state index contributed by atoms with van der Waals surface area (Å²) in [5, 5.41) is 8.67. The number of hydrogen-bond acceptors (Lipinski definition) is 2. The molecule has 100 valence electrons. The topological polar surface area (TPSA) is 55.1 Å². The highest BCUT2D eigenvalue weighted by Crippen LogP contribution is 2.27. The van der Waals surface area contributed by atoms with E-state index in [0.717, 1.165) is 30.0 Å². The zero-order valence-corrected chi connectivity index (χ0v) is 10.9. The van der Waals surface area contributed by atoms with Crippen molar-refractivity contribution in [2.24, 2.45) is 0 Å². The molecule has 3 rings (SSSR count). The highest BCUT2D eigenvalue weighted by Gasteiger charge is 2.11. The molecule has 0 atom stereocenters. The molecule has 0 radical (unpaired) electrons. The summed E-state index contributed by atoms with van der Waals surface area (Å²) < 4.78 is 2.02. The lowest BCUT2D eigenvalue weighted by molar-refractivity contribution is -0.131. The van der Waals surface area contributed by atoms with Crippen molar-refractivity contribution >= 4 is 23.8 Å². The minimum Gasteiger partial charge on any atom is -0.478 e. The molecule has 0 aliphatic heterocycles. The van der Waals surface area contributed by atoms with Crippen LogP contribution in [0, 0.1) is 0 Å². The summed E-state index contributed by atoms with van der Waals surface area (Å²) in [4.78, 5) is 14.6. The molecule has 0 saturated heterocycles. The van der Waals surface area contributed by atoms with E-state index >= 15 is 0 Å². The van der Waals surface area contributed by atoms with Crippen molar-refractivity contribution in [2.45, 2.75) is 12.8 Å². The van der Waals surface area contributed by atoms with Gasteiger partial charge in [-0.2, -0.15) is 0 Å². The zero-order valence-electron chi connectivity index (χ0n) is 10.9. The monoisotopic (exact) mass is 266 g/mol. The Hall–Kier alpha value is -2.62. The number of carboxylic acids is 1. The Balaban J connectivity index is 1.95. The van der Waals surface area contributed by atoms with Crippen molar-refractivity contribution in [3.05, 3.63) is 59.7 Å². The third-order valence-corrected chi connectivity index (χ3v) is 3.40. The van der Waals surface area contributed by atoms with Crippen LogP contribution in [-0.4, -0.2) is 20.6 Å². The molecule has 0 bridgehead atoms. The molecule has 4 nitrogen and oxygen atoms in total. The first-order valence-electron chi connectivity index (χ1n) is 6.45. The molecule has 0 fully saturated rings. The fraction of sp³-hybridized carbons (Fsp3) is 0.125. The number of carbonyl (C=O) groups is 1. The Bertz CT molecular complexity index is 697. The fourth-order valence-electron chi connectivity index (χ4n) is 2.39. The van der Waals surface area contributed by atoms with Gasteiger partial charge in [0.25, 0.3) is 0 Å². The van der Waals surface area contributed by atoms with E-state index in [-0.39, 0.29) is 0 Å². The van der Waals surface area contributed by atoms with Gasteiger partial charge in [-0.05, 0) is 47.8 Å². The number of rotatable bonds is 3. The predicted octanol–water partition coefficient (Wildman–Crippen LogP) is 2.93. The van der Waals surface area contributed by atoms with E-state index in [1.54, 1.807) is 18.6 Å². The lowest BCUT2D eigenvalue weighted by Crippen LogP contribution is -2.03. The number of fused-ring (bicyclic) bond motifs is 1. The lowest BCUT2D eigenvalue weighted by atomic mass is 9.93. The number of allylic oxidation sites excluding steroid dienone is 1. The molecule has 0 saturated carbocycles. The van der Waals surface area contributed by atoms with Gasteiger partial charge in [0, 0.05) is 24.2 Å². The summed E-state index contributed by atoms with van der Waals surface area (Å²) >= 11 is 0. The molecule has 2 aromatic rings. The molecule has 1 aliphatic carbocycles. The molecule has 1 heterocycles. The van der Waals surface area contributed by atoms with E-state index in [4.69, 9.17) is 5.11 Å². The van der Waals surface area contributed by atoms with Gasteiger partial charge in [-0.25, -0.2) is 9.78 Å². The van der Waals surface area contributed by atoms with Crippen molar-refractivity contribution in [3.8, 4) is 0 Å². The van der Waals surface area contributed by atoms with Crippen LogP contribution in [0.3, 0.4) is 0 Å². The molecule has 1 aliphatic rings. The number of carboxylic acid groups (broad SMARTS) is 1. The molecular formula is C16H14N2O2. The van der Waals surface area contributed by atoms with Crippen LogP contribution in [0.2, 0.25) is 0 Å². The van der Waals surface area contributed by atoms with Crippen molar-refractivity contribution in [3.63, 3.8) is 0 Å². The molecule has 1 aromatic heterocycles. The highest BCUT2D eigenvalue weighted by atomic mass is 16.4. The van der Waals surface area contributed by atoms with Gasteiger partial charge in [0.2, 0.25) is 0 Å². The normalized spacial score (nSPS) is 14.1. The summed E-state index contributed by atoms with van der Waals surface area (Å²) in [7, 11) is 0. The maximum Gasteiger partial charge on any atom is 0.328 e. The van der Waals surface area contributed by atoms with Crippen LogP contribution < -0.4 is 0 Å². The van der Waals surface area contributed by atoms with Crippen LogP contribution in [0.4, 0.5) is 0 Å². The van der Waals surface area contributed by atoms with E-state index in [0.29, 0.717) is 0 Å². The first-order chi connectivity index (χ1) is 9.72. The smallest absolute Gasteiger partial charge is 0.328 e. The summed E-state index contributed by atoms with van der Waals surface area (Å²) in [6.45, 7) is 0. The second-order valence-corrected chi connectivity index (χ2v) is 4.74. The molecule has 4 heteroatoms. The van der Waals surface area contributed by atoms with E-state index in [1.165, 1.54) is 11.3 Å². The molecule has 0 amide bonds. The average Bonchev–Trinajstić information content (AvgIpc) is 2.98. The first kappa shape index (κ1) is 12.4. The van der Waals surface area contributed by atoms with Crippen molar-refractivity contribution in [1.29, 1.82) is 0 Å². The summed E-state index contributed by atoms with van der Waals surface area (Å²) in [6.07, 6.45) is 12.4. The van der Waals surface area contributed by atoms with E-state index in [2.05, 4.69) is 17.1 Å². The number of aryl methyl sites for hydroxylation is 1. The number of nitrogens with zero attached hydrogens (tertiary/aromatic N) is 2. The minimum absolute atomic E-state index is 0.897. The minimum atomic E-state index is -0.933. The van der Waals surface area contributed by atoms with Crippen LogP contribution in [-0.2, 0) is 11.2 Å². The quantitative estimate of drug-likeness (QED) is 0.869. The van der Waals surface area contributed by atoms with Crippen LogP contribution in [0.15, 0.2) is 43.0 Å².